The number of hydrogen-bond acceptors (Lipinski definition) is 3. The smallest absolute Gasteiger partial charge is 0.243 e. The van der Waals surface area contributed by atoms with Gasteiger partial charge >= 0.3 is 0 Å². The highest BCUT2D eigenvalue weighted by atomic mass is 32.2. The Balaban J connectivity index is 1.93. The number of carbonyl (C=O) groups excluding carboxylic acids is 2. The molecular weight excluding hydrogens is 284 g/mol. The first-order chi connectivity index (χ1) is 9.79. The number of thioether (sulfide) groups is 1. The van der Waals surface area contributed by atoms with E-state index in [0.717, 1.165) is 24.5 Å². The van der Waals surface area contributed by atoms with Crippen LogP contribution < -0.4 is 5.32 Å². The summed E-state index contributed by atoms with van der Waals surface area (Å²) in [7, 11) is 0. The molecule has 0 bridgehead atoms. The van der Waals surface area contributed by atoms with E-state index in [-0.39, 0.29) is 17.9 Å². The van der Waals surface area contributed by atoms with Crippen LogP contribution in [0.25, 0.3) is 0 Å². The molecule has 120 valence electrons. The normalized spacial score (nSPS) is 30.3. The largest absolute Gasteiger partial charge is 0.352 e. The fourth-order valence-corrected chi connectivity index (χ4v) is 4.15. The summed E-state index contributed by atoms with van der Waals surface area (Å²) in [6.45, 7) is 8.01. The molecule has 0 aromatic carbocycles. The van der Waals surface area contributed by atoms with Crippen molar-refractivity contribution >= 4 is 23.6 Å². The van der Waals surface area contributed by atoms with Gasteiger partial charge in [-0.25, -0.2) is 0 Å². The Morgan fingerprint density at radius 1 is 1.14 bits per heavy atom. The highest BCUT2D eigenvalue weighted by Crippen LogP contribution is 2.28. The average molecular weight is 312 g/mol. The first kappa shape index (κ1) is 16.7. The molecule has 1 unspecified atom stereocenters. The van der Waals surface area contributed by atoms with E-state index in [0.29, 0.717) is 11.9 Å². The monoisotopic (exact) mass is 312 g/mol. The fourth-order valence-electron chi connectivity index (χ4n) is 2.99. The molecule has 4 nitrogen and oxygen atoms in total. The van der Waals surface area contributed by atoms with Crippen molar-refractivity contribution in [1.29, 1.82) is 0 Å². The van der Waals surface area contributed by atoms with Crippen molar-refractivity contribution in [2.45, 2.75) is 65.5 Å². The zero-order chi connectivity index (χ0) is 15.6. The average Bonchev–Trinajstić information content (AvgIpc) is 2.88. The van der Waals surface area contributed by atoms with Gasteiger partial charge in [0.05, 0.1) is 5.88 Å². The summed E-state index contributed by atoms with van der Waals surface area (Å²) in [6, 6.07) is 0.00645. The van der Waals surface area contributed by atoms with Crippen LogP contribution in [0.5, 0.6) is 0 Å². The van der Waals surface area contributed by atoms with Gasteiger partial charge in [-0.05, 0) is 31.6 Å². The fraction of sp³-hybridized carbons (Fsp3) is 0.875. The lowest BCUT2D eigenvalue weighted by molar-refractivity contribution is -0.144. The lowest BCUT2D eigenvalue weighted by atomic mass is 9.87. The van der Waals surface area contributed by atoms with Gasteiger partial charge in [0.15, 0.2) is 0 Å². The number of amides is 2. The maximum absolute atomic E-state index is 12.5. The minimum Gasteiger partial charge on any atom is -0.352 e. The molecule has 1 aliphatic carbocycles. The molecule has 2 fully saturated rings. The molecule has 1 heterocycles. The predicted molar refractivity (Wildman–Crippen MR) is 87.0 cm³/mol. The second-order valence-corrected chi connectivity index (χ2v) is 8.51. The molecule has 1 saturated carbocycles. The molecule has 0 spiro atoms. The van der Waals surface area contributed by atoms with Crippen LogP contribution in [0.4, 0.5) is 0 Å². The maximum atomic E-state index is 12.5. The van der Waals surface area contributed by atoms with Gasteiger partial charge in [-0.15, -0.1) is 11.8 Å². The van der Waals surface area contributed by atoms with Gasteiger partial charge in [-0.1, -0.05) is 27.7 Å². The summed E-state index contributed by atoms with van der Waals surface area (Å²) in [6.07, 6.45) is 4.52. The molecule has 2 rings (SSSR count). The highest BCUT2D eigenvalue weighted by molar-refractivity contribution is 7.99. The van der Waals surface area contributed by atoms with E-state index in [9.17, 15) is 9.59 Å². The van der Waals surface area contributed by atoms with Crippen molar-refractivity contribution in [2.24, 2.45) is 11.3 Å². The van der Waals surface area contributed by atoms with E-state index in [1.807, 2.05) is 20.8 Å². The Morgan fingerprint density at radius 3 is 2.33 bits per heavy atom. The third kappa shape index (κ3) is 4.15. The molecule has 1 N–H and O–H groups in total. The molecule has 5 heteroatoms. The summed E-state index contributed by atoms with van der Waals surface area (Å²) in [5.74, 6) is 2.24. The Kier molecular flexibility index (Phi) is 5.23. The molecule has 1 aliphatic heterocycles. The summed E-state index contributed by atoms with van der Waals surface area (Å²) >= 11 is 1.67. The topological polar surface area (TPSA) is 49.4 Å². The van der Waals surface area contributed by atoms with Crippen molar-refractivity contribution in [2.75, 3.05) is 11.6 Å². The number of hydrogen-bond donors (Lipinski definition) is 1. The molecule has 0 aromatic rings. The van der Waals surface area contributed by atoms with Crippen molar-refractivity contribution in [3.63, 3.8) is 0 Å². The van der Waals surface area contributed by atoms with Gasteiger partial charge in [-0.3, -0.25) is 9.59 Å². The lowest BCUT2D eigenvalue weighted by Crippen LogP contribution is -2.52. The SMILES string of the molecule is CC1CCC(NC(=O)C2CSCN2C(=O)C(C)(C)C)CC1. The Morgan fingerprint density at radius 2 is 1.76 bits per heavy atom. The van der Waals surface area contributed by atoms with Crippen LogP contribution in [0.2, 0.25) is 0 Å². The zero-order valence-corrected chi connectivity index (χ0v) is 14.5. The van der Waals surface area contributed by atoms with Crippen LogP contribution in [0.1, 0.15) is 53.4 Å². The summed E-state index contributed by atoms with van der Waals surface area (Å²) in [5, 5.41) is 3.17. The second-order valence-electron chi connectivity index (χ2n) is 7.51. The maximum Gasteiger partial charge on any atom is 0.243 e. The quantitative estimate of drug-likeness (QED) is 0.853. The van der Waals surface area contributed by atoms with Crippen LogP contribution in [-0.2, 0) is 9.59 Å². The standard InChI is InChI=1S/C16H28N2O2S/c1-11-5-7-12(8-6-11)17-14(19)13-9-21-10-18(13)15(20)16(2,3)4/h11-13H,5-10H2,1-4H3,(H,17,19). The van der Waals surface area contributed by atoms with E-state index in [2.05, 4.69) is 12.2 Å². The third-order valence-corrected chi connectivity index (χ3v) is 5.46. The van der Waals surface area contributed by atoms with Crippen molar-refractivity contribution in [1.82, 2.24) is 10.2 Å². The van der Waals surface area contributed by atoms with E-state index in [4.69, 9.17) is 0 Å². The zero-order valence-electron chi connectivity index (χ0n) is 13.6. The van der Waals surface area contributed by atoms with E-state index < -0.39 is 5.41 Å². The van der Waals surface area contributed by atoms with Crippen LogP contribution in [-0.4, -0.2) is 40.4 Å². The number of rotatable bonds is 2. The predicted octanol–water partition coefficient (Wildman–Crippen LogP) is 2.63. The molecule has 2 aliphatic rings. The molecule has 0 aromatic heterocycles. The van der Waals surface area contributed by atoms with Crippen molar-refractivity contribution in [3.05, 3.63) is 0 Å². The number of nitrogens with zero attached hydrogens (tertiary/aromatic N) is 1. The molecule has 0 radical (unpaired) electrons. The highest BCUT2D eigenvalue weighted by Gasteiger charge is 2.39. The summed E-state index contributed by atoms with van der Waals surface area (Å²) in [4.78, 5) is 26.7. The third-order valence-electron chi connectivity index (χ3n) is 4.45. The van der Waals surface area contributed by atoms with E-state index in [1.54, 1.807) is 16.7 Å². The molecule has 1 saturated heterocycles. The van der Waals surface area contributed by atoms with Crippen LogP contribution in [0.3, 0.4) is 0 Å². The second kappa shape index (κ2) is 6.59. The molecular formula is C16H28N2O2S. The van der Waals surface area contributed by atoms with Gasteiger partial charge in [0.2, 0.25) is 11.8 Å². The number of nitrogens with one attached hydrogen (secondary N) is 1. The van der Waals surface area contributed by atoms with Crippen molar-refractivity contribution in [3.8, 4) is 0 Å². The first-order valence-corrected chi connectivity index (χ1v) is 9.13. The van der Waals surface area contributed by atoms with Crippen LogP contribution >= 0.6 is 11.8 Å². The van der Waals surface area contributed by atoms with Crippen LogP contribution in [0, 0.1) is 11.3 Å². The van der Waals surface area contributed by atoms with Crippen molar-refractivity contribution < 1.29 is 9.59 Å². The summed E-state index contributed by atoms with van der Waals surface area (Å²) in [5.41, 5.74) is -0.427. The van der Waals surface area contributed by atoms with Gasteiger partial charge < -0.3 is 10.2 Å². The van der Waals surface area contributed by atoms with Gasteiger partial charge in [0.25, 0.3) is 0 Å². The van der Waals surface area contributed by atoms with Gasteiger partial charge in [0, 0.05) is 17.2 Å². The number of carbonyl (C=O) groups is 2. The lowest BCUT2D eigenvalue weighted by Gasteiger charge is -2.32. The Hall–Kier alpha value is -0.710. The first-order valence-electron chi connectivity index (χ1n) is 7.98. The molecule has 21 heavy (non-hydrogen) atoms. The summed E-state index contributed by atoms with van der Waals surface area (Å²) < 4.78 is 0. The van der Waals surface area contributed by atoms with Gasteiger partial charge in [-0.2, -0.15) is 0 Å². The minimum atomic E-state index is -0.427. The molecule has 2 amide bonds. The minimum absolute atomic E-state index is 0.0390. The van der Waals surface area contributed by atoms with E-state index in [1.165, 1.54) is 12.8 Å². The van der Waals surface area contributed by atoms with E-state index >= 15 is 0 Å². The van der Waals surface area contributed by atoms with Gasteiger partial charge in [0.1, 0.15) is 6.04 Å². The Labute approximate surface area is 132 Å². The van der Waals surface area contributed by atoms with Crippen LogP contribution in [0.15, 0.2) is 0 Å². The Bertz CT molecular complexity index is 398. The molecule has 1 atom stereocenters.